The van der Waals surface area contributed by atoms with Gasteiger partial charge in [-0.25, -0.2) is 8.78 Å². The maximum Gasteiger partial charge on any atom is 0.311 e. The van der Waals surface area contributed by atoms with Gasteiger partial charge in [0.25, 0.3) is 0 Å². The number of carbonyl (C=O) groups excluding carboxylic acids is 1. The van der Waals surface area contributed by atoms with Gasteiger partial charge in [0.1, 0.15) is 17.6 Å². The molecule has 1 atom stereocenters. The normalized spacial score (nSPS) is 12.3. The molecule has 228 valence electrons. The van der Waals surface area contributed by atoms with Crippen molar-refractivity contribution in [3.05, 3.63) is 107 Å². The third-order valence-electron chi connectivity index (χ3n) is 7.49. The molecule has 0 bridgehead atoms. The fraction of sp³-hybridized carbons (Fsp3) is 0.235. The van der Waals surface area contributed by atoms with E-state index >= 15 is 8.78 Å². The van der Waals surface area contributed by atoms with Gasteiger partial charge in [0.05, 0.1) is 24.8 Å². The number of esters is 1. The second-order valence-electron chi connectivity index (χ2n) is 10.9. The molecular weight excluding hydrogens is 632 g/mol. The number of hydrogen-bond acceptors (Lipinski definition) is 5. The van der Waals surface area contributed by atoms with Crippen LogP contribution >= 0.6 is 15.9 Å². The molecule has 0 saturated carbocycles. The molecule has 0 aliphatic carbocycles. The van der Waals surface area contributed by atoms with Gasteiger partial charge in [-0.15, -0.1) is 0 Å². The van der Waals surface area contributed by atoms with Crippen molar-refractivity contribution in [3.63, 3.8) is 0 Å². The number of hydrogen-bond donors (Lipinski definition) is 1. The average molecular weight is 665 g/mol. The molecule has 1 unspecified atom stereocenters. The summed E-state index contributed by atoms with van der Waals surface area (Å²) in [5.74, 6) is -1.14. The Morgan fingerprint density at radius 2 is 1.95 bits per heavy atom. The zero-order valence-corrected chi connectivity index (χ0v) is 26.2. The molecule has 3 aromatic carbocycles. The fourth-order valence-electron chi connectivity index (χ4n) is 4.96. The highest BCUT2D eigenvalue weighted by Gasteiger charge is 2.28. The quantitative estimate of drug-likeness (QED) is 0.107. The summed E-state index contributed by atoms with van der Waals surface area (Å²) in [5, 5.41) is 5.46. The van der Waals surface area contributed by atoms with Crippen LogP contribution in [0, 0.1) is 17.0 Å². The van der Waals surface area contributed by atoms with Gasteiger partial charge in [0, 0.05) is 51.6 Å². The lowest BCUT2D eigenvalue weighted by atomic mass is 9.90. The van der Waals surface area contributed by atoms with Crippen LogP contribution in [0.15, 0.2) is 84.1 Å². The Balaban J connectivity index is 1.41. The Morgan fingerprint density at radius 3 is 2.70 bits per heavy atom. The van der Waals surface area contributed by atoms with Crippen molar-refractivity contribution in [2.45, 2.75) is 26.3 Å². The van der Waals surface area contributed by atoms with E-state index in [1.165, 1.54) is 37.5 Å². The molecule has 10 heteroatoms. The summed E-state index contributed by atoms with van der Waals surface area (Å²) in [7, 11) is 1.37. The summed E-state index contributed by atoms with van der Waals surface area (Å²) >= 11 is 3.53. The number of carbonyl (C=O) groups is 1. The second kappa shape index (κ2) is 13.2. The maximum absolute atomic E-state index is 15.2. The molecule has 0 fully saturated rings. The largest absolute Gasteiger partial charge is 0.469 e. The first-order valence-electron chi connectivity index (χ1n) is 14.0. The molecule has 0 saturated heterocycles. The number of benzene rings is 3. The summed E-state index contributed by atoms with van der Waals surface area (Å²) in [6.07, 6.45) is 5.47. The van der Waals surface area contributed by atoms with Crippen LogP contribution in [0.25, 0.3) is 28.2 Å². The standard InChI is InChI=1S/C34H32BrF2N3O4/c1-5-24-25-11-14-38-30(25)19-28(37)32(24)44-23-9-10-27(36)26(18-23)29-12-15-40(39-29)31(21-7-6-8-22(35)17-21)20-43-16-13-34(2,3)33(41)42-4/h5-12,14-15,17-19,31,38H,1,13,16,20H2,2-4H3. The van der Waals surface area contributed by atoms with Gasteiger partial charge < -0.3 is 19.2 Å². The summed E-state index contributed by atoms with van der Waals surface area (Å²) in [5.41, 5.74) is 1.90. The highest BCUT2D eigenvalue weighted by atomic mass is 79.9. The Kier molecular flexibility index (Phi) is 9.31. The second-order valence-corrected chi connectivity index (χ2v) is 11.9. The van der Waals surface area contributed by atoms with Crippen molar-refractivity contribution in [2.24, 2.45) is 5.41 Å². The first-order valence-corrected chi connectivity index (χ1v) is 14.8. The zero-order valence-electron chi connectivity index (χ0n) is 24.6. The van der Waals surface area contributed by atoms with E-state index in [9.17, 15) is 4.79 Å². The van der Waals surface area contributed by atoms with E-state index in [0.29, 0.717) is 29.8 Å². The minimum atomic E-state index is -0.688. The van der Waals surface area contributed by atoms with Crippen molar-refractivity contribution in [3.8, 4) is 22.8 Å². The average Bonchev–Trinajstić information content (AvgIpc) is 3.68. The van der Waals surface area contributed by atoms with Gasteiger partial charge in [0.15, 0.2) is 11.6 Å². The molecule has 0 aliphatic heterocycles. The zero-order chi connectivity index (χ0) is 31.4. The van der Waals surface area contributed by atoms with Crippen LogP contribution in [-0.4, -0.2) is 41.1 Å². The number of aromatic nitrogens is 3. The number of H-pyrrole nitrogens is 1. The molecule has 44 heavy (non-hydrogen) atoms. The molecule has 5 aromatic rings. The topological polar surface area (TPSA) is 78.4 Å². The lowest BCUT2D eigenvalue weighted by molar-refractivity contribution is -0.151. The summed E-state index contributed by atoms with van der Waals surface area (Å²) in [6, 6.07) is 16.5. The number of nitrogens with one attached hydrogen (secondary N) is 1. The minimum Gasteiger partial charge on any atom is -0.469 e. The molecule has 0 radical (unpaired) electrons. The van der Waals surface area contributed by atoms with Crippen molar-refractivity contribution in [1.82, 2.24) is 14.8 Å². The third kappa shape index (κ3) is 6.61. The Bertz CT molecular complexity index is 1810. The van der Waals surface area contributed by atoms with Crippen LogP contribution in [0.4, 0.5) is 8.78 Å². The molecule has 2 aromatic heterocycles. The van der Waals surface area contributed by atoms with Crippen molar-refractivity contribution >= 4 is 38.9 Å². The van der Waals surface area contributed by atoms with Crippen LogP contribution in [-0.2, 0) is 14.3 Å². The number of aromatic amines is 1. The molecule has 0 spiro atoms. The SMILES string of the molecule is C=Cc1c(Oc2ccc(F)c(-c3ccn(C(COCCC(C)(C)C(=O)OC)c4cccc(Br)c4)n3)c2)c(F)cc2[nH]ccc12. The highest BCUT2D eigenvalue weighted by Crippen LogP contribution is 2.37. The summed E-state index contributed by atoms with van der Waals surface area (Å²) in [4.78, 5) is 15.0. The monoisotopic (exact) mass is 663 g/mol. The number of halogens is 3. The maximum atomic E-state index is 15.2. The Morgan fingerprint density at radius 1 is 1.14 bits per heavy atom. The summed E-state index contributed by atoms with van der Waals surface area (Å²) in [6.45, 7) is 8.02. The van der Waals surface area contributed by atoms with Crippen molar-refractivity contribution in [2.75, 3.05) is 20.3 Å². The van der Waals surface area contributed by atoms with Gasteiger partial charge in [-0.1, -0.05) is 40.7 Å². The van der Waals surface area contributed by atoms with E-state index in [4.69, 9.17) is 19.3 Å². The number of nitrogens with zero attached hydrogens (tertiary/aromatic N) is 2. The van der Waals surface area contributed by atoms with Crippen LogP contribution < -0.4 is 4.74 Å². The predicted molar refractivity (Wildman–Crippen MR) is 170 cm³/mol. The Labute approximate surface area is 262 Å². The van der Waals surface area contributed by atoms with Crippen LogP contribution in [0.2, 0.25) is 0 Å². The van der Waals surface area contributed by atoms with Crippen LogP contribution in [0.1, 0.15) is 37.4 Å². The highest BCUT2D eigenvalue weighted by molar-refractivity contribution is 9.10. The Hall–Kier alpha value is -4.28. The third-order valence-corrected chi connectivity index (χ3v) is 7.98. The van der Waals surface area contributed by atoms with Crippen LogP contribution in [0.5, 0.6) is 11.5 Å². The van der Waals surface area contributed by atoms with Gasteiger partial charge >= 0.3 is 5.97 Å². The van der Waals surface area contributed by atoms with Gasteiger partial charge in [-0.3, -0.25) is 9.48 Å². The van der Waals surface area contributed by atoms with E-state index in [-0.39, 0.29) is 35.7 Å². The molecule has 0 amide bonds. The van der Waals surface area contributed by atoms with Gasteiger partial charge in [0.2, 0.25) is 0 Å². The van der Waals surface area contributed by atoms with Crippen molar-refractivity contribution in [1.29, 1.82) is 0 Å². The van der Waals surface area contributed by atoms with E-state index in [1.807, 2.05) is 44.2 Å². The number of ether oxygens (including phenoxy) is 3. The molecule has 0 aliphatic rings. The first kappa shape index (κ1) is 31.2. The van der Waals surface area contributed by atoms with E-state index < -0.39 is 17.0 Å². The van der Waals surface area contributed by atoms with E-state index in [2.05, 4.69) is 27.5 Å². The molecule has 2 heterocycles. The van der Waals surface area contributed by atoms with E-state index in [0.717, 1.165) is 15.4 Å². The van der Waals surface area contributed by atoms with E-state index in [1.54, 1.807) is 23.1 Å². The summed E-state index contributed by atoms with van der Waals surface area (Å²) < 4.78 is 49.7. The van der Waals surface area contributed by atoms with Gasteiger partial charge in [-0.05, 0) is 68.3 Å². The number of fused-ring (bicyclic) bond motifs is 1. The first-order chi connectivity index (χ1) is 21.1. The smallest absolute Gasteiger partial charge is 0.311 e. The fourth-order valence-corrected chi connectivity index (χ4v) is 5.38. The molecule has 7 nitrogen and oxygen atoms in total. The lowest BCUT2D eigenvalue weighted by Crippen LogP contribution is -2.27. The molecule has 5 rings (SSSR count). The van der Waals surface area contributed by atoms with Crippen LogP contribution in [0.3, 0.4) is 0 Å². The molecule has 1 N–H and O–H groups in total. The van der Waals surface area contributed by atoms with Crippen molar-refractivity contribution < 1.29 is 27.8 Å². The molecular formula is C34H32BrF2N3O4. The number of rotatable bonds is 12. The van der Waals surface area contributed by atoms with Gasteiger partial charge in [-0.2, -0.15) is 5.10 Å². The number of methoxy groups -OCH3 is 1. The lowest BCUT2D eigenvalue weighted by Gasteiger charge is -2.23. The minimum absolute atomic E-state index is 0.00238. The predicted octanol–water partition coefficient (Wildman–Crippen LogP) is 8.70.